The van der Waals surface area contributed by atoms with Crippen LogP contribution < -0.4 is 5.32 Å². The van der Waals surface area contributed by atoms with Gasteiger partial charge in [0.05, 0.1) is 17.7 Å². The van der Waals surface area contributed by atoms with Gasteiger partial charge in [-0.05, 0) is 12.5 Å². The number of aliphatic imine (C=N–C) groups is 1. The summed E-state index contributed by atoms with van der Waals surface area (Å²) in [6.45, 7) is 0.262. The van der Waals surface area contributed by atoms with E-state index < -0.39 is 12.2 Å². The molecule has 0 spiro atoms. The Labute approximate surface area is 115 Å². The normalized spacial score (nSPS) is 33.8. The van der Waals surface area contributed by atoms with Crippen molar-refractivity contribution in [1.82, 2.24) is 4.57 Å². The third-order valence-electron chi connectivity index (χ3n) is 3.96. The fourth-order valence-corrected chi connectivity index (χ4v) is 3.11. The topological polar surface area (TPSA) is 90.0 Å². The van der Waals surface area contributed by atoms with Gasteiger partial charge in [0.15, 0.2) is 0 Å². The molecular formula is C12H16ClN3O3. The summed E-state index contributed by atoms with van der Waals surface area (Å²) >= 11 is 6.03. The molecule has 0 aromatic carbocycles. The third-order valence-corrected chi connectivity index (χ3v) is 4.29. The smallest absolute Gasteiger partial charge is 0.136 e. The van der Waals surface area contributed by atoms with Crippen LogP contribution in [-0.4, -0.2) is 50.5 Å². The SMILES string of the molecule is OCC1CC(n2ccc3c2NCN=C3Cl)[C@H](O)[C@@H]1O. The summed E-state index contributed by atoms with van der Waals surface area (Å²) in [5, 5.41) is 32.8. The highest BCUT2D eigenvalue weighted by atomic mass is 35.5. The van der Waals surface area contributed by atoms with Gasteiger partial charge in [0.2, 0.25) is 0 Å². The van der Waals surface area contributed by atoms with E-state index in [4.69, 9.17) is 11.6 Å². The summed E-state index contributed by atoms with van der Waals surface area (Å²) in [5.74, 6) is 0.501. The van der Waals surface area contributed by atoms with Crippen molar-refractivity contribution < 1.29 is 15.3 Å². The van der Waals surface area contributed by atoms with E-state index in [-0.39, 0.29) is 18.6 Å². The minimum atomic E-state index is -0.902. The molecule has 0 radical (unpaired) electrons. The molecule has 4 atom stereocenters. The zero-order chi connectivity index (χ0) is 13.6. The molecule has 7 heteroatoms. The molecule has 0 saturated heterocycles. The summed E-state index contributed by atoms with van der Waals surface area (Å²) in [6.07, 6.45) is 0.548. The number of rotatable bonds is 2. The minimum absolute atomic E-state index is 0.131. The van der Waals surface area contributed by atoms with E-state index in [1.165, 1.54) is 0 Å². The molecule has 1 aliphatic heterocycles. The first-order chi connectivity index (χ1) is 9.13. The van der Waals surface area contributed by atoms with Crippen LogP contribution in [0.5, 0.6) is 0 Å². The Hall–Kier alpha value is -1.08. The summed E-state index contributed by atoms with van der Waals surface area (Å²) in [5.41, 5.74) is 0.794. The minimum Gasteiger partial charge on any atom is -0.396 e. The Balaban J connectivity index is 1.94. The van der Waals surface area contributed by atoms with E-state index in [0.717, 1.165) is 11.4 Å². The predicted octanol–water partition coefficient (Wildman–Crippen LogP) is 0.132. The average molecular weight is 286 g/mol. The number of fused-ring (bicyclic) bond motifs is 1. The molecule has 104 valence electrons. The number of aliphatic hydroxyl groups is 3. The van der Waals surface area contributed by atoms with Crippen molar-refractivity contribution in [1.29, 1.82) is 0 Å². The van der Waals surface area contributed by atoms with Crippen LogP contribution in [0.1, 0.15) is 18.0 Å². The first-order valence-corrected chi connectivity index (χ1v) is 6.63. The number of nitrogens with one attached hydrogen (secondary N) is 1. The molecular weight excluding hydrogens is 270 g/mol. The van der Waals surface area contributed by atoms with Gasteiger partial charge in [-0.25, -0.2) is 0 Å². The largest absolute Gasteiger partial charge is 0.396 e. The highest BCUT2D eigenvalue weighted by molar-refractivity contribution is 6.70. The maximum absolute atomic E-state index is 10.1. The van der Waals surface area contributed by atoms with E-state index in [1.54, 1.807) is 0 Å². The molecule has 2 heterocycles. The molecule has 4 N–H and O–H groups in total. The highest BCUT2D eigenvalue weighted by Gasteiger charge is 2.42. The Morgan fingerprint density at radius 2 is 2.21 bits per heavy atom. The molecule has 1 fully saturated rings. The van der Waals surface area contributed by atoms with Gasteiger partial charge in [0.1, 0.15) is 23.8 Å². The number of hydrogen-bond donors (Lipinski definition) is 4. The molecule has 1 aliphatic carbocycles. The van der Waals surface area contributed by atoms with E-state index in [1.807, 2.05) is 16.8 Å². The molecule has 6 nitrogen and oxygen atoms in total. The first-order valence-electron chi connectivity index (χ1n) is 6.25. The van der Waals surface area contributed by atoms with Crippen LogP contribution in [0.4, 0.5) is 5.82 Å². The first kappa shape index (κ1) is 12.9. The molecule has 3 rings (SSSR count). The molecule has 1 aromatic rings. The third kappa shape index (κ3) is 1.95. The standard InChI is InChI=1S/C12H16ClN3O3/c13-11-7-1-2-16(12(7)15-5-14-11)8-3-6(4-17)9(18)10(8)19/h1-2,6,8-10,15,17-19H,3-5H2/t6?,8?,9-,10+/m1/s1. The number of halogens is 1. The second kappa shape index (κ2) is 4.79. The van der Waals surface area contributed by atoms with Crippen LogP contribution in [-0.2, 0) is 0 Å². The quantitative estimate of drug-likeness (QED) is 0.622. The highest BCUT2D eigenvalue weighted by Crippen LogP contribution is 2.38. The predicted molar refractivity (Wildman–Crippen MR) is 71.6 cm³/mol. The van der Waals surface area contributed by atoms with Crippen LogP contribution in [0.2, 0.25) is 0 Å². The average Bonchev–Trinajstić information content (AvgIpc) is 2.94. The lowest BCUT2D eigenvalue weighted by Crippen LogP contribution is -2.30. The van der Waals surface area contributed by atoms with Gasteiger partial charge in [-0.1, -0.05) is 11.6 Å². The molecule has 1 aromatic heterocycles. The maximum atomic E-state index is 10.1. The lowest BCUT2D eigenvalue weighted by Gasteiger charge is -2.23. The van der Waals surface area contributed by atoms with Crippen molar-refractivity contribution in [3.8, 4) is 0 Å². The number of anilines is 1. The van der Waals surface area contributed by atoms with Crippen molar-refractivity contribution in [2.45, 2.75) is 24.7 Å². The molecule has 19 heavy (non-hydrogen) atoms. The fraction of sp³-hybridized carbons (Fsp3) is 0.583. The lowest BCUT2D eigenvalue weighted by atomic mass is 10.1. The molecule has 1 saturated carbocycles. The zero-order valence-corrected chi connectivity index (χ0v) is 11.0. The van der Waals surface area contributed by atoms with E-state index in [9.17, 15) is 15.3 Å². The number of nitrogens with zero attached hydrogens (tertiary/aromatic N) is 2. The van der Waals surface area contributed by atoms with Gasteiger partial charge >= 0.3 is 0 Å². The number of hydrogen-bond acceptors (Lipinski definition) is 5. The van der Waals surface area contributed by atoms with Crippen molar-refractivity contribution in [3.05, 3.63) is 17.8 Å². The van der Waals surface area contributed by atoms with E-state index in [0.29, 0.717) is 18.3 Å². The Kier molecular flexibility index (Phi) is 3.26. The molecule has 2 unspecified atom stereocenters. The summed E-state index contributed by atoms with van der Waals surface area (Å²) in [6, 6.07) is 1.56. The second-order valence-electron chi connectivity index (χ2n) is 5.00. The Morgan fingerprint density at radius 1 is 1.42 bits per heavy atom. The Bertz CT molecular complexity index is 516. The van der Waals surface area contributed by atoms with Gasteiger partial charge in [0.25, 0.3) is 0 Å². The van der Waals surface area contributed by atoms with E-state index >= 15 is 0 Å². The molecule has 2 aliphatic rings. The van der Waals surface area contributed by atoms with Crippen LogP contribution >= 0.6 is 11.6 Å². The van der Waals surface area contributed by atoms with Crippen LogP contribution in [0.3, 0.4) is 0 Å². The zero-order valence-electron chi connectivity index (χ0n) is 10.2. The van der Waals surface area contributed by atoms with Gasteiger partial charge in [-0.15, -0.1) is 0 Å². The maximum Gasteiger partial charge on any atom is 0.136 e. The van der Waals surface area contributed by atoms with Gasteiger partial charge in [-0.2, -0.15) is 0 Å². The van der Waals surface area contributed by atoms with Crippen molar-refractivity contribution >= 4 is 22.6 Å². The van der Waals surface area contributed by atoms with E-state index in [2.05, 4.69) is 10.3 Å². The van der Waals surface area contributed by atoms with Gasteiger partial charge in [0, 0.05) is 18.7 Å². The van der Waals surface area contributed by atoms with Gasteiger partial charge in [-0.3, -0.25) is 4.99 Å². The van der Waals surface area contributed by atoms with Crippen LogP contribution in [0, 0.1) is 5.92 Å². The lowest BCUT2D eigenvalue weighted by molar-refractivity contribution is -0.00382. The summed E-state index contributed by atoms with van der Waals surface area (Å²) < 4.78 is 1.87. The van der Waals surface area contributed by atoms with Crippen molar-refractivity contribution in [3.63, 3.8) is 0 Å². The second-order valence-corrected chi connectivity index (χ2v) is 5.35. The van der Waals surface area contributed by atoms with Crippen molar-refractivity contribution in [2.75, 3.05) is 18.6 Å². The fourth-order valence-electron chi connectivity index (χ4n) is 2.90. The summed E-state index contributed by atoms with van der Waals surface area (Å²) in [4.78, 5) is 4.08. The van der Waals surface area contributed by atoms with Crippen molar-refractivity contribution in [2.24, 2.45) is 10.9 Å². The number of aromatic nitrogens is 1. The molecule has 0 amide bonds. The number of aliphatic hydroxyl groups excluding tert-OH is 3. The van der Waals surface area contributed by atoms with Crippen LogP contribution in [0.25, 0.3) is 0 Å². The van der Waals surface area contributed by atoms with Crippen LogP contribution in [0.15, 0.2) is 17.3 Å². The molecule has 0 bridgehead atoms. The Morgan fingerprint density at radius 3 is 2.89 bits per heavy atom. The summed E-state index contributed by atoms with van der Waals surface area (Å²) in [7, 11) is 0. The monoisotopic (exact) mass is 285 g/mol. The van der Waals surface area contributed by atoms with Gasteiger partial charge < -0.3 is 25.2 Å².